The van der Waals surface area contributed by atoms with E-state index in [2.05, 4.69) is 0 Å². The Hall–Kier alpha value is -1.57. The van der Waals surface area contributed by atoms with Crippen LogP contribution in [0.15, 0.2) is 48.0 Å². The van der Waals surface area contributed by atoms with Crippen LogP contribution in [0.3, 0.4) is 0 Å². The molecule has 0 radical (unpaired) electrons. The minimum Gasteiger partial charge on any atom is -0.289 e. The third kappa shape index (κ3) is 2.39. The van der Waals surface area contributed by atoms with Gasteiger partial charge >= 0.3 is 0 Å². The zero-order chi connectivity index (χ0) is 14.1. The summed E-state index contributed by atoms with van der Waals surface area (Å²) in [6.07, 6.45) is 3.41. The van der Waals surface area contributed by atoms with Gasteiger partial charge in [-0.05, 0) is 36.6 Å². The molecule has 0 amide bonds. The number of rotatable bonds is 1. The number of allylic oxidation sites excluding steroid dienone is 1. The number of hydrogen-bond acceptors (Lipinski definition) is 1. The van der Waals surface area contributed by atoms with Crippen molar-refractivity contribution in [2.45, 2.75) is 12.8 Å². The van der Waals surface area contributed by atoms with Crippen LogP contribution < -0.4 is 0 Å². The zero-order valence-electron chi connectivity index (χ0n) is 10.7. The van der Waals surface area contributed by atoms with Crippen LogP contribution in [0, 0.1) is 0 Å². The van der Waals surface area contributed by atoms with Crippen LogP contribution in [-0.4, -0.2) is 5.78 Å². The minimum atomic E-state index is 0.0721. The molecule has 0 bridgehead atoms. The molecule has 0 saturated carbocycles. The van der Waals surface area contributed by atoms with Gasteiger partial charge in [-0.15, -0.1) is 0 Å². The van der Waals surface area contributed by atoms with E-state index >= 15 is 0 Å². The Morgan fingerprint density at radius 1 is 0.900 bits per heavy atom. The highest BCUT2D eigenvalue weighted by molar-refractivity contribution is 6.37. The van der Waals surface area contributed by atoms with E-state index in [1.165, 1.54) is 0 Å². The summed E-state index contributed by atoms with van der Waals surface area (Å²) in [7, 11) is 0. The zero-order valence-corrected chi connectivity index (χ0v) is 12.2. The molecule has 20 heavy (non-hydrogen) atoms. The van der Waals surface area contributed by atoms with Crippen LogP contribution in [0.4, 0.5) is 0 Å². The van der Waals surface area contributed by atoms with Crippen molar-refractivity contribution in [2.24, 2.45) is 0 Å². The number of hydrogen-bond donors (Lipinski definition) is 0. The predicted molar refractivity (Wildman–Crippen MR) is 83.5 cm³/mol. The third-order valence-corrected chi connectivity index (χ3v) is 4.19. The average Bonchev–Trinajstić information content (AvgIpc) is 2.45. The van der Waals surface area contributed by atoms with Crippen molar-refractivity contribution >= 4 is 35.1 Å². The Kier molecular flexibility index (Phi) is 3.64. The van der Waals surface area contributed by atoms with Crippen molar-refractivity contribution < 1.29 is 4.79 Å². The molecule has 0 unspecified atom stereocenters. The summed E-state index contributed by atoms with van der Waals surface area (Å²) in [5.41, 5.74) is 3.38. The maximum atomic E-state index is 12.5. The first-order chi connectivity index (χ1) is 9.66. The monoisotopic (exact) mass is 302 g/mol. The van der Waals surface area contributed by atoms with Crippen molar-refractivity contribution in [3.63, 3.8) is 0 Å². The van der Waals surface area contributed by atoms with Crippen molar-refractivity contribution in [2.75, 3.05) is 0 Å². The highest BCUT2D eigenvalue weighted by atomic mass is 35.5. The first-order valence-electron chi connectivity index (χ1n) is 6.44. The number of carbonyl (C=O) groups is 1. The molecule has 0 spiro atoms. The summed E-state index contributed by atoms with van der Waals surface area (Å²) in [6.45, 7) is 0. The molecule has 0 fully saturated rings. The molecule has 3 rings (SSSR count). The van der Waals surface area contributed by atoms with E-state index in [1.807, 2.05) is 30.3 Å². The van der Waals surface area contributed by atoms with E-state index in [9.17, 15) is 4.79 Å². The van der Waals surface area contributed by atoms with Crippen molar-refractivity contribution in [1.29, 1.82) is 0 Å². The van der Waals surface area contributed by atoms with Gasteiger partial charge in [0.15, 0.2) is 5.78 Å². The number of halogens is 2. The van der Waals surface area contributed by atoms with E-state index in [0.29, 0.717) is 10.0 Å². The molecular weight excluding hydrogens is 291 g/mol. The molecule has 0 N–H and O–H groups in total. The first kappa shape index (κ1) is 13.4. The molecule has 1 aliphatic rings. The molecular formula is C17H12Cl2O. The largest absolute Gasteiger partial charge is 0.289 e. The smallest absolute Gasteiger partial charge is 0.189 e. The molecule has 1 aliphatic carbocycles. The third-order valence-electron chi connectivity index (χ3n) is 3.54. The Bertz CT molecular complexity index is 696. The molecule has 100 valence electrons. The SMILES string of the molecule is O=C1C(=Cc2c(Cl)cccc2Cl)CCc2ccccc21. The van der Waals surface area contributed by atoms with Gasteiger partial charge in [-0.3, -0.25) is 4.79 Å². The topological polar surface area (TPSA) is 17.1 Å². The van der Waals surface area contributed by atoms with E-state index in [0.717, 1.165) is 35.1 Å². The molecule has 0 aromatic heterocycles. The van der Waals surface area contributed by atoms with Crippen LogP contribution >= 0.6 is 23.2 Å². The normalized spacial score (nSPS) is 16.3. The molecule has 0 aliphatic heterocycles. The van der Waals surface area contributed by atoms with Crippen LogP contribution in [0.5, 0.6) is 0 Å². The number of benzene rings is 2. The second-order valence-corrected chi connectivity index (χ2v) is 5.61. The second kappa shape index (κ2) is 5.43. The lowest BCUT2D eigenvalue weighted by molar-refractivity contribution is 0.102. The van der Waals surface area contributed by atoms with Gasteiger partial charge < -0.3 is 0 Å². The van der Waals surface area contributed by atoms with Gasteiger partial charge in [0, 0.05) is 26.7 Å². The van der Waals surface area contributed by atoms with E-state index in [-0.39, 0.29) is 5.78 Å². The lowest BCUT2D eigenvalue weighted by atomic mass is 9.86. The van der Waals surface area contributed by atoms with E-state index in [1.54, 1.807) is 18.2 Å². The quantitative estimate of drug-likeness (QED) is 0.661. The van der Waals surface area contributed by atoms with Crippen LogP contribution in [0.2, 0.25) is 10.0 Å². The summed E-state index contributed by atoms with van der Waals surface area (Å²) in [5.74, 6) is 0.0721. The standard InChI is InChI=1S/C17H12Cl2O/c18-15-6-3-7-16(19)14(15)10-12-9-8-11-4-1-2-5-13(11)17(12)20/h1-7,10H,8-9H2. The number of ketones is 1. The Morgan fingerprint density at radius 2 is 1.60 bits per heavy atom. The van der Waals surface area contributed by atoms with Crippen molar-refractivity contribution in [1.82, 2.24) is 0 Å². The maximum Gasteiger partial charge on any atom is 0.189 e. The molecule has 2 aromatic rings. The number of fused-ring (bicyclic) bond motifs is 1. The lowest BCUT2D eigenvalue weighted by Crippen LogP contribution is -2.13. The van der Waals surface area contributed by atoms with Crippen LogP contribution in [0.1, 0.15) is 27.9 Å². The van der Waals surface area contributed by atoms with Gasteiger partial charge in [0.1, 0.15) is 0 Å². The predicted octanol–water partition coefficient (Wildman–Crippen LogP) is 5.21. The molecule has 0 heterocycles. The minimum absolute atomic E-state index is 0.0721. The summed E-state index contributed by atoms with van der Waals surface area (Å²) in [6, 6.07) is 13.1. The molecule has 0 atom stereocenters. The van der Waals surface area contributed by atoms with Gasteiger partial charge in [-0.25, -0.2) is 0 Å². The first-order valence-corrected chi connectivity index (χ1v) is 7.19. The van der Waals surface area contributed by atoms with Crippen molar-refractivity contribution in [3.05, 3.63) is 74.8 Å². The summed E-state index contributed by atoms with van der Waals surface area (Å²) < 4.78 is 0. The molecule has 0 saturated heterocycles. The van der Waals surface area contributed by atoms with Crippen LogP contribution in [-0.2, 0) is 6.42 Å². The van der Waals surface area contributed by atoms with Gasteiger partial charge in [0.2, 0.25) is 0 Å². The maximum absolute atomic E-state index is 12.5. The van der Waals surface area contributed by atoms with E-state index in [4.69, 9.17) is 23.2 Å². The Morgan fingerprint density at radius 3 is 2.35 bits per heavy atom. The fourth-order valence-electron chi connectivity index (χ4n) is 2.48. The lowest BCUT2D eigenvalue weighted by Gasteiger charge is -2.17. The Balaban J connectivity index is 2.05. The summed E-state index contributed by atoms with van der Waals surface area (Å²) in [5, 5.41) is 1.13. The number of aryl methyl sites for hydroxylation is 1. The number of Topliss-reactive ketones (excluding diaryl/α,β-unsaturated/α-hetero) is 1. The molecule has 1 nitrogen and oxygen atoms in total. The van der Waals surface area contributed by atoms with Gasteiger partial charge in [0.25, 0.3) is 0 Å². The van der Waals surface area contributed by atoms with Gasteiger partial charge in [-0.1, -0.05) is 53.5 Å². The average molecular weight is 303 g/mol. The van der Waals surface area contributed by atoms with Crippen molar-refractivity contribution in [3.8, 4) is 0 Å². The van der Waals surface area contributed by atoms with Gasteiger partial charge in [0.05, 0.1) is 0 Å². The van der Waals surface area contributed by atoms with Gasteiger partial charge in [-0.2, -0.15) is 0 Å². The molecule has 3 heteroatoms. The highest BCUT2D eigenvalue weighted by Crippen LogP contribution is 2.31. The highest BCUT2D eigenvalue weighted by Gasteiger charge is 2.21. The Labute approximate surface area is 127 Å². The van der Waals surface area contributed by atoms with Crippen LogP contribution in [0.25, 0.3) is 6.08 Å². The summed E-state index contributed by atoms with van der Waals surface area (Å²) >= 11 is 12.3. The van der Waals surface area contributed by atoms with E-state index < -0.39 is 0 Å². The number of carbonyl (C=O) groups excluding carboxylic acids is 1. The second-order valence-electron chi connectivity index (χ2n) is 4.79. The fraction of sp³-hybridized carbons (Fsp3) is 0.118. The summed E-state index contributed by atoms with van der Waals surface area (Å²) in [4.78, 5) is 12.5. The molecule has 2 aromatic carbocycles. The fourth-order valence-corrected chi connectivity index (χ4v) is 2.98.